The molecule has 0 bridgehead atoms. The van der Waals surface area contributed by atoms with Crippen LogP contribution in [0.4, 0.5) is 0 Å². The van der Waals surface area contributed by atoms with Crippen molar-refractivity contribution < 1.29 is 4.79 Å². The summed E-state index contributed by atoms with van der Waals surface area (Å²) in [6, 6.07) is 0. The van der Waals surface area contributed by atoms with E-state index in [1.54, 1.807) is 24.0 Å². The number of nitrogens with zero attached hydrogens (tertiary/aromatic N) is 5. The van der Waals surface area contributed by atoms with Crippen molar-refractivity contribution in [2.24, 2.45) is 7.05 Å². The lowest BCUT2D eigenvalue weighted by Crippen LogP contribution is -2.37. The Morgan fingerprint density at radius 1 is 1.33 bits per heavy atom. The molecule has 1 saturated heterocycles. The molecule has 21 heavy (non-hydrogen) atoms. The topological polar surface area (TPSA) is 63.9 Å². The minimum atomic E-state index is 0.135. The van der Waals surface area contributed by atoms with Gasteiger partial charge in [0, 0.05) is 50.9 Å². The van der Waals surface area contributed by atoms with Gasteiger partial charge in [0.15, 0.2) is 0 Å². The van der Waals surface area contributed by atoms with Gasteiger partial charge < -0.3 is 4.90 Å². The molecule has 3 heterocycles. The van der Waals surface area contributed by atoms with Gasteiger partial charge in [-0.25, -0.2) is 4.98 Å². The molecule has 1 aliphatic rings. The lowest BCUT2D eigenvalue weighted by Gasteiger charge is -2.31. The summed E-state index contributed by atoms with van der Waals surface area (Å²) in [6.45, 7) is 3.21. The SMILES string of the molecule is CC(=O)N1CCCC(c2cncc(-c3cnn(C)c3)n2)C1. The standard InChI is InChI=1S/C15H19N5O/c1-11(21)20-5-3-4-12(10-20)14-7-16-8-15(18-14)13-6-17-19(2)9-13/h6-9,12H,3-5,10H2,1-2H3. The summed E-state index contributed by atoms with van der Waals surface area (Å²) < 4.78 is 1.75. The van der Waals surface area contributed by atoms with Gasteiger partial charge in [-0.05, 0) is 12.8 Å². The van der Waals surface area contributed by atoms with Gasteiger partial charge in [0.25, 0.3) is 0 Å². The molecule has 6 heteroatoms. The number of likely N-dealkylation sites (tertiary alicyclic amines) is 1. The van der Waals surface area contributed by atoms with E-state index >= 15 is 0 Å². The van der Waals surface area contributed by atoms with Gasteiger partial charge in [-0.3, -0.25) is 14.5 Å². The second kappa shape index (κ2) is 5.63. The average Bonchev–Trinajstić information content (AvgIpc) is 2.94. The number of carbonyl (C=O) groups is 1. The van der Waals surface area contributed by atoms with Crippen molar-refractivity contribution in [3.63, 3.8) is 0 Å². The lowest BCUT2D eigenvalue weighted by atomic mass is 9.95. The zero-order valence-corrected chi connectivity index (χ0v) is 12.4. The van der Waals surface area contributed by atoms with Gasteiger partial charge in [0.1, 0.15) is 0 Å². The molecule has 1 aliphatic heterocycles. The van der Waals surface area contributed by atoms with Crippen molar-refractivity contribution in [1.82, 2.24) is 24.6 Å². The quantitative estimate of drug-likeness (QED) is 0.841. The summed E-state index contributed by atoms with van der Waals surface area (Å²) in [6.07, 6.45) is 9.35. The first kappa shape index (κ1) is 13.7. The van der Waals surface area contributed by atoms with Crippen LogP contribution in [-0.4, -0.2) is 43.6 Å². The fourth-order valence-corrected chi connectivity index (χ4v) is 2.77. The summed E-state index contributed by atoms with van der Waals surface area (Å²) >= 11 is 0. The number of rotatable bonds is 2. The van der Waals surface area contributed by atoms with E-state index in [-0.39, 0.29) is 11.8 Å². The zero-order valence-electron chi connectivity index (χ0n) is 12.4. The van der Waals surface area contributed by atoms with Gasteiger partial charge in [-0.1, -0.05) is 0 Å². The van der Waals surface area contributed by atoms with E-state index in [2.05, 4.69) is 10.1 Å². The van der Waals surface area contributed by atoms with Gasteiger partial charge in [0.05, 0.1) is 23.8 Å². The largest absolute Gasteiger partial charge is 0.342 e. The zero-order chi connectivity index (χ0) is 14.8. The number of aromatic nitrogens is 4. The highest BCUT2D eigenvalue weighted by atomic mass is 16.2. The van der Waals surface area contributed by atoms with Crippen LogP contribution < -0.4 is 0 Å². The molecule has 0 saturated carbocycles. The van der Waals surface area contributed by atoms with Crippen molar-refractivity contribution in [1.29, 1.82) is 0 Å². The van der Waals surface area contributed by atoms with Crippen molar-refractivity contribution in [3.05, 3.63) is 30.5 Å². The van der Waals surface area contributed by atoms with Gasteiger partial charge >= 0.3 is 0 Å². The van der Waals surface area contributed by atoms with Crippen LogP contribution in [0.5, 0.6) is 0 Å². The smallest absolute Gasteiger partial charge is 0.219 e. The highest BCUT2D eigenvalue weighted by Gasteiger charge is 2.24. The predicted molar refractivity (Wildman–Crippen MR) is 78.5 cm³/mol. The Balaban J connectivity index is 1.84. The molecule has 0 aromatic carbocycles. The fraction of sp³-hybridized carbons (Fsp3) is 0.467. The molecule has 1 atom stereocenters. The Morgan fingerprint density at radius 2 is 2.19 bits per heavy atom. The monoisotopic (exact) mass is 285 g/mol. The Kier molecular flexibility index (Phi) is 3.68. The molecule has 1 fully saturated rings. The van der Waals surface area contributed by atoms with Crippen LogP contribution in [0.2, 0.25) is 0 Å². The maximum atomic E-state index is 11.5. The van der Waals surface area contributed by atoms with Crippen molar-refractivity contribution in [3.8, 4) is 11.3 Å². The first-order valence-electron chi connectivity index (χ1n) is 7.20. The summed E-state index contributed by atoms with van der Waals surface area (Å²) in [5.41, 5.74) is 2.76. The Morgan fingerprint density at radius 3 is 2.90 bits per heavy atom. The van der Waals surface area contributed by atoms with Crippen LogP contribution >= 0.6 is 0 Å². The fourth-order valence-electron chi connectivity index (χ4n) is 2.77. The van der Waals surface area contributed by atoms with Crippen LogP contribution in [0.3, 0.4) is 0 Å². The Bertz CT molecular complexity index is 651. The lowest BCUT2D eigenvalue weighted by molar-refractivity contribution is -0.130. The molecule has 0 radical (unpaired) electrons. The summed E-state index contributed by atoms with van der Waals surface area (Å²) in [5.74, 6) is 0.405. The molecule has 0 N–H and O–H groups in total. The number of amides is 1. The normalized spacial score (nSPS) is 18.8. The molecule has 3 rings (SSSR count). The molecular weight excluding hydrogens is 266 g/mol. The minimum Gasteiger partial charge on any atom is -0.342 e. The first-order chi connectivity index (χ1) is 10.1. The Labute approximate surface area is 123 Å². The van der Waals surface area contributed by atoms with Gasteiger partial charge in [-0.2, -0.15) is 5.10 Å². The van der Waals surface area contributed by atoms with Crippen LogP contribution in [0, 0.1) is 0 Å². The van der Waals surface area contributed by atoms with E-state index in [1.165, 1.54) is 0 Å². The van der Waals surface area contributed by atoms with Crippen LogP contribution in [0.15, 0.2) is 24.8 Å². The highest BCUT2D eigenvalue weighted by Crippen LogP contribution is 2.26. The minimum absolute atomic E-state index is 0.135. The van der Waals surface area contributed by atoms with E-state index in [9.17, 15) is 4.79 Å². The van der Waals surface area contributed by atoms with Crippen molar-refractivity contribution >= 4 is 5.91 Å². The van der Waals surface area contributed by atoms with Crippen molar-refractivity contribution in [2.45, 2.75) is 25.7 Å². The summed E-state index contributed by atoms with van der Waals surface area (Å²) in [5, 5.41) is 4.17. The van der Waals surface area contributed by atoms with Crippen LogP contribution in [0.1, 0.15) is 31.4 Å². The molecule has 6 nitrogen and oxygen atoms in total. The summed E-state index contributed by atoms with van der Waals surface area (Å²) in [4.78, 5) is 22.5. The third-order valence-corrected chi connectivity index (χ3v) is 3.94. The molecular formula is C15H19N5O. The van der Waals surface area contributed by atoms with Gasteiger partial charge in [-0.15, -0.1) is 0 Å². The maximum Gasteiger partial charge on any atom is 0.219 e. The van der Waals surface area contributed by atoms with E-state index in [0.717, 1.165) is 42.9 Å². The number of hydrogen-bond donors (Lipinski definition) is 0. The molecule has 0 aliphatic carbocycles. The number of piperidine rings is 1. The second-order valence-corrected chi connectivity index (χ2v) is 5.54. The third-order valence-electron chi connectivity index (χ3n) is 3.94. The van der Waals surface area contributed by atoms with Crippen molar-refractivity contribution in [2.75, 3.05) is 13.1 Å². The maximum absolute atomic E-state index is 11.5. The molecule has 1 unspecified atom stereocenters. The first-order valence-corrected chi connectivity index (χ1v) is 7.20. The molecule has 2 aromatic heterocycles. The van der Waals surface area contributed by atoms with Crippen LogP contribution in [0.25, 0.3) is 11.3 Å². The number of hydrogen-bond acceptors (Lipinski definition) is 4. The molecule has 110 valence electrons. The van der Waals surface area contributed by atoms with Crippen LogP contribution in [-0.2, 0) is 11.8 Å². The molecule has 1 amide bonds. The summed E-state index contributed by atoms with van der Waals surface area (Å²) in [7, 11) is 1.88. The highest BCUT2D eigenvalue weighted by molar-refractivity contribution is 5.73. The van der Waals surface area contributed by atoms with Gasteiger partial charge in [0.2, 0.25) is 5.91 Å². The third kappa shape index (κ3) is 2.94. The average molecular weight is 285 g/mol. The van der Waals surface area contributed by atoms with E-state index in [4.69, 9.17) is 4.98 Å². The predicted octanol–water partition coefficient (Wildman–Crippen LogP) is 1.60. The van der Waals surface area contributed by atoms with E-state index < -0.39 is 0 Å². The van der Waals surface area contributed by atoms with E-state index in [0.29, 0.717) is 0 Å². The number of carbonyl (C=O) groups excluding carboxylic acids is 1. The molecule has 2 aromatic rings. The molecule has 0 spiro atoms. The number of aryl methyl sites for hydroxylation is 1. The second-order valence-electron chi connectivity index (χ2n) is 5.54. The Hall–Kier alpha value is -2.24. The van der Waals surface area contributed by atoms with E-state index in [1.807, 2.05) is 24.3 Å².